The van der Waals surface area contributed by atoms with Crippen molar-refractivity contribution in [3.63, 3.8) is 0 Å². The van der Waals surface area contributed by atoms with E-state index < -0.39 is 11.4 Å². The number of methoxy groups -OCH3 is 1. The van der Waals surface area contributed by atoms with Gasteiger partial charge in [-0.2, -0.15) is 0 Å². The van der Waals surface area contributed by atoms with Crippen molar-refractivity contribution in [2.75, 3.05) is 7.11 Å². The average molecular weight is 302 g/mol. The van der Waals surface area contributed by atoms with Crippen LogP contribution in [-0.4, -0.2) is 24.3 Å². The van der Waals surface area contributed by atoms with Crippen LogP contribution in [0.4, 0.5) is 0 Å². The van der Waals surface area contributed by atoms with Crippen LogP contribution in [0.3, 0.4) is 0 Å². The number of hydrogen-bond acceptors (Lipinski definition) is 3. The maximum atomic E-state index is 11.1. The molecule has 4 heteroatoms. The number of carbonyl (C=O) groups is 1. The minimum absolute atomic E-state index is 0.126. The highest BCUT2D eigenvalue weighted by molar-refractivity contribution is 5.70. The van der Waals surface area contributed by atoms with Gasteiger partial charge in [0.1, 0.15) is 0 Å². The molecule has 0 bridgehead atoms. The van der Waals surface area contributed by atoms with Crippen LogP contribution in [0, 0.1) is 12.3 Å². The summed E-state index contributed by atoms with van der Waals surface area (Å²) in [5, 5.41) is 9.09. The van der Waals surface area contributed by atoms with Crippen molar-refractivity contribution >= 4 is 5.97 Å². The minimum Gasteiger partial charge on any atom is -0.493 e. The second-order valence-electron chi connectivity index (χ2n) is 5.94. The largest absolute Gasteiger partial charge is 0.493 e. The molecule has 118 valence electrons. The molecule has 1 fully saturated rings. The van der Waals surface area contributed by atoms with Crippen LogP contribution in [0.25, 0.3) is 0 Å². The summed E-state index contributed by atoms with van der Waals surface area (Å²) in [7, 11) is 1.59. The van der Waals surface area contributed by atoms with Crippen molar-refractivity contribution in [2.45, 2.75) is 50.5 Å². The van der Waals surface area contributed by atoms with Crippen molar-refractivity contribution in [1.29, 1.82) is 0 Å². The quantitative estimate of drug-likeness (QED) is 0.818. The highest BCUT2D eigenvalue weighted by Crippen LogP contribution is 2.37. The van der Waals surface area contributed by atoms with Gasteiger partial charge in [-0.25, -0.2) is 0 Å². The first kappa shape index (κ1) is 16.2. The molecule has 0 saturated heterocycles. The zero-order valence-corrected chi connectivity index (χ0v) is 13.1. The van der Waals surface area contributed by atoms with Crippen LogP contribution >= 0.6 is 0 Å². The van der Waals surface area contributed by atoms with E-state index in [-0.39, 0.29) is 12.5 Å². The molecule has 1 aliphatic rings. The summed E-state index contributed by atoms with van der Waals surface area (Å²) in [6, 6.07) is 5.42. The summed E-state index contributed by atoms with van der Waals surface area (Å²) in [4.78, 5) is 11.1. The maximum absolute atomic E-state index is 11.1. The molecule has 0 heterocycles. The maximum Gasteiger partial charge on any atom is 0.305 e. The number of carboxylic acids is 1. The van der Waals surface area contributed by atoms with Crippen molar-refractivity contribution in [2.24, 2.45) is 0 Å². The van der Waals surface area contributed by atoms with Gasteiger partial charge in [0.25, 0.3) is 0 Å². The van der Waals surface area contributed by atoms with Gasteiger partial charge in [0.15, 0.2) is 11.5 Å². The molecule has 1 N–H and O–H groups in total. The third kappa shape index (κ3) is 3.54. The number of carboxylic acid groups (broad SMARTS) is 1. The number of terminal acetylenes is 1. The molecule has 1 aromatic carbocycles. The Morgan fingerprint density at radius 1 is 1.41 bits per heavy atom. The molecule has 1 unspecified atom stereocenters. The standard InChI is InChI=1S/C18H22O4/c1-4-18(2,12-17(19)20)13-9-10-15(21-3)16(11-13)22-14-7-5-6-8-14/h1,9-11,14H,5-8,12H2,2-3H3,(H,19,20). The number of aliphatic carboxylic acids is 1. The molecule has 1 aliphatic carbocycles. The van der Waals surface area contributed by atoms with Crippen LogP contribution in [0.1, 0.15) is 44.6 Å². The van der Waals surface area contributed by atoms with Crippen molar-refractivity contribution in [3.8, 4) is 23.8 Å². The molecule has 1 atom stereocenters. The Bertz CT molecular complexity index is 581. The first-order valence-electron chi connectivity index (χ1n) is 7.53. The van der Waals surface area contributed by atoms with E-state index in [2.05, 4.69) is 5.92 Å². The van der Waals surface area contributed by atoms with Gasteiger partial charge >= 0.3 is 5.97 Å². The molecular formula is C18H22O4. The lowest BCUT2D eigenvalue weighted by Crippen LogP contribution is -2.24. The van der Waals surface area contributed by atoms with E-state index in [1.165, 1.54) is 12.8 Å². The van der Waals surface area contributed by atoms with Gasteiger partial charge in [0.2, 0.25) is 0 Å². The zero-order valence-electron chi connectivity index (χ0n) is 13.1. The minimum atomic E-state index is -0.922. The van der Waals surface area contributed by atoms with E-state index in [0.29, 0.717) is 11.5 Å². The van der Waals surface area contributed by atoms with Gasteiger partial charge in [-0.05, 0) is 50.3 Å². The lowest BCUT2D eigenvalue weighted by atomic mass is 9.80. The third-order valence-electron chi connectivity index (χ3n) is 4.22. The van der Waals surface area contributed by atoms with Gasteiger partial charge in [-0.1, -0.05) is 12.0 Å². The second kappa shape index (κ2) is 6.74. The number of rotatable bonds is 6. The van der Waals surface area contributed by atoms with Gasteiger partial charge in [0.05, 0.1) is 25.0 Å². The van der Waals surface area contributed by atoms with Crippen LogP contribution in [0.5, 0.6) is 11.5 Å². The number of benzene rings is 1. The zero-order chi connectivity index (χ0) is 16.2. The van der Waals surface area contributed by atoms with E-state index in [0.717, 1.165) is 18.4 Å². The van der Waals surface area contributed by atoms with Crippen molar-refractivity contribution in [3.05, 3.63) is 23.8 Å². The lowest BCUT2D eigenvalue weighted by Gasteiger charge is -2.24. The van der Waals surface area contributed by atoms with Crippen LogP contribution in [-0.2, 0) is 10.2 Å². The first-order chi connectivity index (χ1) is 10.5. The van der Waals surface area contributed by atoms with Crippen LogP contribution < -0.4 is 9.47 Å². The summed E-state index contributed by atoms with van der Waals surface area (Å²) in [6.45, 7) is 1.75. The highest BCUT2D eigenvalue weighted by Gasteiger charge is 2.29. The molecule has 0 aliphatic heterocycles. The molecule has 22 heavy (non-hydrogen) atoms. The first-order valence-corrected chi connectivity index (χ1v) is 7.53. The third-order valence-corrected chi connectivity index (χ3v) is 4.22. The van der Waals surface area contributed by atoms with Crippen LogP contribution in [0.15, 0.2) is 18.2 Å². The Balaban J connectivity index is 2.32. The molecule has 1 aromatic rings. The Morgan fingerprint density at radius 2 is 2.09 bits per heavy atom. The predicted octanol–water partition coefficient (Wildman–Crippen LogP) is 3.38. The van der Waals surface area contributed by atoms with Crippen molar-refractivity contribution < 1.29 is 19.4 Å². The molecule has 0 amide bonds. The van der Waals surface area contributed by atoms with E-state index in [4.69, 9.17) is 21.0 Å². The Kier molecular flexibility index (Phi) is 4.97. The van der Waals surface area contributed by atoms with Crippen molar-refractivity contribution in [1.82, 2.24) is 0 Å². The Morgan fingerprint density at radius 3 is 2.64 bits per heavy atom. The number of ether oxygens (including phenoxy) is 2. The normalized spacial score (nSPS) is 17.5. The fourth-order valence-electron chi connectivity index (χ4n) is 2.84. The molecule has 2 rings (SSSR count). The summed E-state index contributed by atoms with van der Waals surface area (Å²) in [6.07, 6.45) is 10.1. The second-order valence-corrected chi connectivity index (χ2v) is 5.94. The molecule has 1 saturated carbocycles. The summed E-state index contributed by atoms with van der Waals surface area (Å²) < 4.78 is 11.4. The SMILES string of the molecule is C#CC(C)(CC(=O)O)c1ccc(OC)c(OC2CCCC2)c1. The summed E-state index contributed by atoms with van der Waals surface area (Å²) >= 11 is 0. The summed E-state index contributed by atoms with van der Waals surface area (Å²) in [5.74, 6) is 2.97. The molecule has 0 aromatic heterocycles. The fraction of sp³-hybridized carbons (Fsp3) is 0.500. The highest BCUT2D eigenvalue weighted by atomic mass is 16.5. The molecular weight excluding hydrogens is 280 g/mol. The monoisotopic (exact) mass is 302 g/mol. The predicted molar refractivity (Wildman–Crippen MR) is 84.3 cm³/mol. The average Bonchev–Trinajstić information content (AvgIpc) is 2.99. The topological polar surface area (TPSA) is 55.8 Å². The number of hydrogen-bond donors (Lipinski definition) is 1. The van der Waals surface area contributed by atoms with E-state index in [9.17, 15) is 4.79 Å². The van der Waals surface area contributed by atoms with Gasteiger partial charge in [-0.3, -0.25) is 4.79 Å². The fourth-order valence-corrected chi connectivity index (χ4v) is 2.84. The Labute approximate surface area is 131 Å². The Hall–Kier alpha value is -2.15. The molecule has 4 nitrogen and oxygen atoms in total. The summed E-state index contributed by atoms with van der Waals surface area (Å²) in [5.41, 5.74) is -0.113. The molecule has 0 radical (unpaired) electrons. The molecule has 0 spiro atoms. The van der Waals surface area contributed by atoms with E-state index in [1.54, 1.807) is 20.1 Å². The van der Waals surface area contributed by atoms with Gasteiger partial charge < -0.3 is 14.6 Å². The van der Waals surface area contributed by atoms with E-state index in [1.807, 2.05) is 12.1 Å². The van der Waals surface area contributed by atoms with Gasteiger partial charge in [-0.15, -0.1) is 6.42 Å². The smallest absolute Gasteiger partial charge is 0.305 e. The van der Waals surface area contributed by atoms with Crippen LogP contribution in [0.2, 0.25) is 0 Å². The van der Waals surface area contributed by atoms with E-state index >= 15 is 0 Å². The van der Waals surface area contributed by atoms with Gasteiger partial charge in [0, 0.05) is 0 Å². The lowest BCUT2D eigenvalue weighted by molar-refractivity contribution is -0.137.